The number of aliphatic hydroxyl groups excluding tert-OH is 1. The van der Waals surface area contributed by atoms with Crippen molar-refractivity contribution in [1.82, 2.24) is 9.88 Å². The Morgan fingerprint density at radius 1 is 1.21 bits per heavy atom. The number of aliphatic hydroxyl groups is 1. The van der Waals surface area contributed by atoms with E-state index in [2.05, 4.69) is 34.7 Å². The summed E-state index contributed by atoms with van der Waals surface area (Å²) in [7, 11) is 0. The number of hydrogen-bond donors (Lipinski definition) is 1. The van der Waals surface area contributed by atoms with Crippen LogP contribution in [0.4, 0.5) is 5.69 Å². The fraction of sp³-hybridized carbons (Fsp3) is 0.667. The molecule has 1 fully saturated rings. The Labute approximate surface area is 116 Å². The molecule has 0 aliphatic carbocycles. The van der Waals surface area contributed by atoms with E-state index in [0.717, 1.165) is 37.6 Å². The van der Waals surface area contributed by atoms with Gasteiger partial charge in [-0.3, -0.25) is 9.88 Å². The molecule has 2 heterocycles. The number of piperazine rings is 1. The van der Waals surface area contributed by atoms with Crippen LogP contribution in [-0.2, 0) is 0 Å². The first-order valence-corrected chi connectivity index (χ1v) is 7.24. The molecule has 1 aliphatic rings. The van der Waals surface area contributed by atoms with E-state index in [-0.39, 0.29) is 0 Å². The van der Waals surface area contributed by atoms with Gasteiger partial charge >= 0.3 is 0 Å². The number of nitrogens with zero attached hydrogens (tertiary/aromatic N) is 3. The van der Waals surface area contributed by atoms with E-state index in [9.17, 15) is 5.11 Å². The molecule has 0 aromatic carbocycles. The molecular formula is C15H25N3O. The molecule has 0 saturated carbocycles. The highest BCUT2D eigenvalue weighted by atomic mass is 16.3. The summed E-state index contributed by atoms with van der Waals surface area (Å²) < 4.78 is 0. The Hall–Kier alpha value is -1.13. The maximum atomic E-state index is 9.47. The van der Waals surface area contributed by atoms with Crippen molar-refractivity contribution >= 4 is 5.69 Å². The topological polar surface area (TPSA) is 39.6 Å². The Balaban J connectivity index is 1.94. The monoisotopic (exact) mass is 263 g/mol. The van der Waals surface area contributed by atoms with Crippen LogP contribution in [0.2, 0.25) is 0 Å². The zero-order chi connectivity index (χ0) is 13.8. The minimum Gasteiger partial charge on any atom is -0.387 e. The minimum absolute atomic E-state index is 0.490. The predicted octanol–water partition coefficient (Wildman–Crippen LogP) is 2.06. The van der Waals surface area contributed by atoms with Crippen LogP contribution < -0.4 is 4.90 Å². The second-order valence-electron chi connectivity index (χ2n) is 5.40. The van der Waals surface area contributed by atoms with Crippen molar-refractivity contribution in [3.63, 3.8) is 0 Å². The zero-order valence-electron chi connectivity index (χ0n) is 12.2. The highest BCUT2D eigenvalue weighted by molar-refractivity contribution is 5.45. The number of hydrogen-bond acceptors (Lipinski definition) is 4. The molecule has 1 aromatic heterocycles. The van der Waals surface area contributed by atoms with Crippen LogP contribution >= 0.6 is 0 Å². The van der Waals surface area contributed by atoms with Gasteiger partial charge in [0, 0.05) is 32.2 Å². The van der Waals surface area contributed by atoms with Crippen LogP contribution in [0.5, 0.6) is 0 Å². The van der Waals surface area contributed by atoms with Crippen LogP contribution in [0, 0.1) is 0 Å². The summed E-state index contributed by atoms with van der Waals surface area (Å²) in [6, 6.07) is 4.66. The molecule has 1 saturated heterocycles. The summed E-state index contributed by atoms with van der Waals surface area (Å²) in [6.07, 6.45) is 2.60. The van der Waals surface area contributed by atoms with E-state index in [1.54, 1.807) is 6.92 Å². The summed E-state index contributed by atoms with van der Waals surface area (Å²) >= 11 is 0. The average molecular weight is 263 g/mol. The second kappa shape index (κ2) is 6.35. The number of pyridine rings is 1. The number of aromatic nitrogens is 1. The van der Waals surface area contributed by atoms with Crippen LogP contribution in [0.3, 0.4) is 0 Å². The van der Waals surface area contributed by atoms with Crippen LogP contribution in [0.25, 0.3) is 0 Å². The van der Waals surface area contributed by atoms with Crippen LogP contribution in [0.1, 0.15) is 39.0 Å². The molecule has 0 spiro atoms. The van der Waals surface area contributed by atoms with Crippen molar-refractivity contribution in [1.29, 1.82) is 0 Å². The third-order valence-corrected chi connectivity index (χ3v) is 4.09. The smallest absolute Gasteiger partial charge is 0.0931 e. The lowest BCUT2D eigenvalue weighted by Crippen LogP contribution is -2.49. The lowest BCUT2D eigenvalue weighted by Gasteiger charge is -2.38. The molecule has 4 nitrogen and oxygen atoms in total. The highest BCUT2D eigenvalue weighted by Gasteiger charge is 2.20. The van der Waals surface area contributed by atoms with Crippen LogP contribution in [0.15, 0.2) is 18.3 Å². The van der Waals surface area contributed by atoms with E-state index >= 15 is 0 Å². The minimum atomic E-state index is -0.490. The molecule has 1 aromatic rings. The Kier molecular flexibility index (Phi) is 4.77. The average Bonchev–Trinajstić information content (AvgIpc) is 2.46. The second-order valence-corrected chi connectivity index (χ2v) is 5.40. The molecule has 4 heteroatoms. The van der Waals surface area contributed by atoms with Gasteiger partial charge in [-0.25, -0.2) is 0 Å². The third kappa shape index (κ3) is 3.45. The molecular weight excluding hydrogens is 238 g/mol. The van der Waals surface area contributed by atoms with Gasteiger partial charge < -0.3 is 10.0 Å². The Morgan fingerprint density at radius 2 is 1.89 bits per heavy atom. The molecule has 2 atom stereocenters. The molecule has 1 aliphatic heterocycles. The Morgan fingerprint density at radius 3 is 2.37 bits per heavy atom. The number of rotatable bonds is 4. The van der Waals surface area contributed by atoms with Gasteiger partial charge in [0.05, 0.1) is 23.7 Å². The summed E-state index contributed by atoms with van der Waals surface area (Å²) in [5.74, 6) is 0. The highest BCUT2D eigenvalue weighted by Crippen LogP contribution is 2.19. The quantitative estimate of drug-likeness (QED) is 0.902. The third-order valence-electron chi connectivity index (χ3n) is 4.09. The first-order valence-electron chi connectivity index (χ1n) is 7.24. The fourth-order valence-corrected chi connectivity index (χ4v) is 2.51. The summed E-state index contributed by atoms with van der Waals surface area (Å²) in [5, 5.41) is 9.47. The molecule has 2 rings (SSSR count). The van der Waals surface area contributed by atoms with Crippen molar-refractivity contribution in [3.05, 3.63) is 24.0 Å². The molecule has 1 N–H and O–H groups in total. The summed E-state index contributed by atoms with van der Waals surface area (Å²) in [4.78, 5) is 9.24. The summed E-state index contributed by atoms with van der Waals surface area (Å²) in [5.41, 5.74) is 1.90. The molecule has 106 valence electrons. The van der Waals surface area contributed by atoms with E-state index in [4.69, 9.17) is 0 Å². The first kappa shape index (κ1) is 14.3. The van der Waals surface area contributed by atoms with Crippen molar-refractivity contribution in [2.45, 2.75) is 39.3 Å². The Bertz CT molecular complexity index is 383. The number of anilines is 1. The standard InChI is InChI=1S/C15H25N3O/c1-4-12(2)17-7-9-18(10-8-17)14-5-6-15(13(3)19)16-11-14/h5-6,11-13,19H,4,7-10H2,1-3H3/t12?,13-/m0/s1. The van der Waals surface area contributed by atoms with Gasteiger partial charge in [-0.05, 0) is 32.4 Å². The predicted molar refractivity (Wildman–Crippen MR) is 78.4 cm³/mol. The zero-order valence-corrected chi connectivity index (χ0v) is 12.2. The van der Waals surface area contributed by atoms with Crippen LogP contribution in [-0.4, -0.2) is 47.2 Å². The van der Waals surface area contributed by atoms with Gasteiger partial charge in [-0.15, -0.1) is 0 Å². The lowest BCUT2D eigenvalue weighted by atomic mass is 10.2. The normalized spacial score (nSPS) is 20.3. The van der Waals surface area contributed by atoms with Gasteiger partial charge in [-0.2, -0.15) is 0 Å². The first-order chi connectivity index (χ1) is 9.11. The fourth-order valence-electron chi connectivity index (χ4n) is 2.51. The maximum absolute atomic E-state index is 9.47. The molecule has 0 amide bonds. The summed E-state index contributed by atoms with van der Waals surface area (Å²) in [6.45, 7) is 10.6. The molecule has 0 radical (unpaired) electrons. The van der Waals surface area contributed by atoms with Gasteiger partial charge in [0.25, 0.3) is 0 Å². The van der Waals surface area contributed by atoms with E-state index in [0.29, 0.717) is 6.04 Å². The largest absolute Gasteiger partial charge is 0.387 e. The van der Waals surface area contributed by atoms with Crippen molar-refractivity contribution in [2.24, 2.45) is 0 Å². The maximum Gasteiger partial charge on any atom is 0.0931 e. The molecule has 0 bridgehead atoms. The molecule has 19 heavy (non-hydrogen) atoms. The van der Waals surface area contributed by atoms with Gasteiger partial charge in [0.1, 0.15) is 0 Å². The lowest BCUT2D eigenvalue weighted by molar-refractivity contribution is 0.192. The van der Waals surface area contributed by atoms with E-state index < -0.39 is 6.10 Å². The van der Waals surface area contributed by atoms with Crippen molar-refractivity contribution in [2.75, 3.05) is 31.1 Å². The molecule has 1 unspecified atom stereocenters. The van der Waals surface area contributed by atoms with Gasteiger partial charge in [-0.1, -0.05) is 6.92 Å². The van der Waals surface area contributed by atoms with E-state index in [1.165, 1.54) is 6.42 Å². The van der Waals surface area contributed by atoms with Gasteiger partial charge in [0.15, 0.2) is 0 Å². The van der Waals surface area contributed by atoms with E-state index in [1.807, 2.05) is 12.3 Å². The van der Waals surface area contributed by atoms with Gasteiger partial charge in [0.2, 0.25) is 0 Å². The SMILES string of the molecule is CCC(C)N1CCN(c2ccc([C@H](C)O)nc2)CC1. The van der Waals surface area contributed by atoms with Crippen molar-refractivity contribution < 1.29 is 5.11 Å². The van der Waals surface area contributed by atoms with Crippen molar-refractivity contribution in [3.8, 4) is 0 Å².